The number of carboxylic acid groups (broad SMARTS) is 1. The Hall–Kier alpha value is -1.51. The SMILES string of the molecule is [2H]c1cccc(O)c1C(=O)O. The van der Waals surface area contributed by atoms with Crippen molar-refractivity contribution in [2.75, 3.05) is 0 Å². The van der Waals surface area contributed by atoms with E-state index < -0.39 is 5.97 Å². The minimum atomic E-state index is -1.28. The summed E-state index contributed by atoms with van der Waals surface area (Å²) < 4.78 is 7.10. The molecule has 3 nitrogen and oxygen atoms in total. The van der Waals surface area contributed by atoms with Crippen LogP contribution < -0.4 is 0 Å². The Labute approximate surface area is 59.0 Å². The maximum Gasteiger partial charge on any atom is 0.339 e. The van der Waals surface area contributed by atoms with Crippen LogP contribution in [0.15, 0.2) is 24.2 Å². The summed E-state index contributed by atoms with van der Waals surface area (Å²) in [5, 5.41) is 17.4. The van der Waals surface area contributed by atoms with E-state index in [1.54, 1.807) is 0 Å². The summed E-state index contributed by atoms with van der Waals surface area (Å²) in [6.07, 6.45) is 0. The molecule has 1 aromatic carbocycles. The average molecular weight is 139 g/mol. The third kappa shape index (κ3) is 1.07. The summed E-state index contributed by atoms with van der Waals surface area (Å²) >= 11 is 0. The van der Waals surface area contributed by atoms with Gasteiger partial charge in [-0.05, 0) is 12.1 Å². The van der Waals surface area contributed by atoms with Crippen LogP contribution in [-0.4, -0.2) is 16.2 Å². The first kappa shape index (κ1) is 5.29. The molecule has 0 saturated heterocycles. The molecule has 0 aromatic heterocycles. The minimum Gasteiger partial charge on any atom is -0.507 e. The third-order valence-electron chi connectivity index (χ3n) is 1.05. The van der Waals surface area contributed by atoms with Gasteiger partial charge in [0.25, 0.3) is 0 Å². The minimum absolute atomic E-state index is 0.183. The van der Waals surface area contributed by atoms with Gasteiger partial charge in [0.15, 0.2) is 0 Å². The number of carboxylic acids is 1. The molecule has 1 rings (SSSR count). The van der Waals surface area contributed by atoms with Crippen LogP contribution in [0.5, 0.6) is 5.75 Å². The van der Waals surface area contributed by atoms with Crippen molar-refractivity contribution in [3.05, 3.63) is 29.8 Å². The van der Waals surface area contributed by atoms with E-state index >= 15 is 0 Å². The fraction of sp³-hybridized carbons (Fsp3) is 0. The molecule has 0 aliphatic heterocycles. The maximum atomic E-state index is 10.4. The van der Waals surface area contributed by atoms with Crippen molar-refractivity contribution in [3.63, 3.8) is 0 Å². The van der Waals surface area contributed by atoms with Crippen LogP contribution in [0.25, 0.3) is 0 Å². The summed E-state index contributed by atoms with van der Waals surface area (Å²) in [5.74, 6) is -1.65. The van der Waals surface area contributed by atoms with E-state index in [-0.39, 0.29) is 17.4 Å². The molecule has 0 bridgehead atoms. The van der Waals surface area contributed by atoms with E-state index in [2.05, 4.69) is 0 Å². The van der Waals surface area contributed by atoms with Crippen molar-refractivity contribution in [2.24, 2.45) is 0 Å². The smallest absolute Gasteiger partial charge is 0.339 e. The summed E-state index contributed by atoms with van der Waals surface area (Å²) in [7, 11) is 0. The number of rotatable bonds is 1. The number of carbonyl (C=O) groups is 1. The standard InChI is InChI=1S/C7H6O3/c8-6-4-2-1-3-5(6)7(9)10/h1-4,8H,(H,9,10)/i3D. The highest BCUT2D eigenvalue weighted by Crippen LogP contribution is 2.14. The molecule has 0 aliphatic carbocycles. The van der Waals surface area contributed by atoms with Crippen molar-refractivity contribution in [3.8, 4) is 5.75 Å². The van der Waals surface area contributed by atoms with Crippen molar-refractivity contribution in [2.45, 2.75) is 0 Å². The Morgan fingerprint density at radius 1 is 1.60 bits per heavy atom. The molecule has 0 atom stereocenters. The topological polar surface area (TPSA) is 57.5 Å². The number of phenols is 1. The molecule has 3 heteroatoms. The van der Waals surface area contributed by atoms with E-state index in [0.29, 0.717) is 0 Å². The van der Waals surface area contributed by atoms with Crippen molar-refractivity contribution < 1.29 is 16.4 Å². The van der Waals surface area contributed by atoms with Gasteiger partial charge in [-0.15, -0.1) is 0 Å². The molecule has 2 N–H and O–H groups in total. The normalized spacial score (nSPS) is 10.6. The second-order valence-corrected chi connectivity index (χ2v) is 1.74. The molecule has 10 heavy (non-hydrogen) atoms. The Bertz CT molecular complexity index is 275. The molecular formula is C7H6O3. The first-order valence-corrected chi connectivity index (χ1v) is 2.65. The Morgan fingerprint density at radius 3 is 2.70 bits per heavy atom. The number of para-hydroxylation sites is 1. The second kappa shape index (κ2) is 2.39. The number of aromatic hydroxyl groups is 1. The van der Waals surface area contributed by atoms with Gasteiger partial charge >= 0.3 is 5.97 Å². The summed E-state index contributed by atoms with van der Waals surface area (Å²) in [4.78, 5) is 10.4. The molecule has 0 saturated carbocycles. The molecule has 0 fully saturated rings. The van der Waals surface area contributed by atoms with Crippen molar-refractivity contribution >= 4 is 5.97 Å². The Morgan fingerprint density at radius 2 is 2.30 bits per heavy atom. The van der Waals surface area contributed by atoms with Crippen LogP contribution >= 0.6 is 0 Å². The number of hydrogen-bond donors (Lipinski definition) is 2. The van der Waals surface area contributed by atoms with Gasteiger partial charge < -0.3 is 10.2 Å². The van der Waals surface area contributed by atoms with Crippen LogP contribution in [0.1, 0.15) is 11.7 Å². The fourth-order valence-corrected chi connectivity index (χ4v) is 0.599. The zero-order chi connectivity index (χ0) is 8.43. The van der Waals surface area contributed by atoms with Gasteiger partial charge in [0.2, 0.25) is 0 Å². The van der Waals surface area contributed by atoms with Gasteiger partial charge in [-0.3, -0.25) is 0 Å². The van der Waals surface area contributed by atoms with Crippen molar-refractivity contribution in [1.29, 1.82) is 0 Å². The van der Waals surface area contributed by atoms with Crippen LogP contribution in [0.3, 0.4) is 0 Å². The second-order valence-electron chi connectivity index (χ2n) is 1.74. The highest BCUT2D eigenvalue weighted by atomic mass is 16.4. The van der Waals surface area contributed by atoms with Crippen LogP contribution in [-0.2, 0) is 0 Å². The van der Waals surface area contributed by atoms with Gasteiger partial charge in [-0.2, -0.15) is 0 Å². The quantitative estimate of drug-likeness (QED) is 0.612. The lowest BCUT2D eigenvalue weighted by molar-refractivity contribution is 0.0694. The largest absolute Gasteiger partial charge is 0.507 e. The average Bonchev–Trinajstić information content (AvgIpc) is 1.85. The first-order chi connectivity index (χ1) is 5.13. The molecule has 0 spiro atoms. The van der Waals surface area contributed by atoms with Gasteiger partial charge in [0.05, 0.1) is 1.37 Å². The molecule has 0 aliphatic rings. The monoisotopic (exact) mass is 139 g/mol. The zero-order valence-corrected chi connectivity index (χ0v) is 5.03. The number of benzene rings is 1. The van der Waals surface area contributed by atoms with Crippen LogP contribution in [0, 0.1) is 0 Å². The zero-order valence-electron chi connectivity index (χ0n) is 6.03. The fourth-order valence-electron chi connectivity index (χ4n) is 0.599. The van der Waals surface area contributed by atoms with E-state index in [0.717, 1.165) is 0 Å². The maximum absolute atomic E-state index is 10.4. The van der Waals surface area contributed by atoms with E-state index in [1.165, 1.54) is 18.2 Å². The molecule has 0 amide bonds. The van der Waals surface area contributed by atoms with Gasteiger partial charge in [-0.1, -0.05) is 12.1 Å². The van der Waals surface area contributed by atoms with Crippen LogP contribution in [0.4, 0.5) is 0 Å². The van der Waals surface area contributed by atoms with Gasteiger partial charge in [-0.25, -0.2) is 4.79 Å². The molecule has 1 aromatic rings. The summed E-state index contributed by atoms with van der Waals surface area (Å²) in [6.45, 7) is 0. The highest BCUT2D eigenvalue weighted by molar-refractivity contribution is 5.90. The highest BCUT2D eigenvalue weighted by Gasteiger charge is 2.05. The lowest BCUT2D eigenvalue weighted by Crippen LogP contribution is -1.95. The summed E-state index contributed by atoms with van der Waals surface area (Å²) in [5.41, 5.74) is -0.354. The predicted octanol–water partition coefficient (Wildman–Crippen LogP) is 1.09. The third-order valence-corrected chi connectivity index (χ3v) is 1.05. The predicted molar refractivity (Wildman–Crippen MR) is 35.1 cm³/mol. The lowest BCUT2D eigenvalue weighted by Gasteiger charge is -1.95. The van der Waals surface area contributed by atoms with Gasteiger partial charge in [0.1, 0.15) is 11.3 Å². The molecular weight excluding hydrogens is 132 g/mol. The summed E-state index contributed by atoms with van der Waals surface area (Å²) in [6, 6.07) is 3.78. The van der Waals surface area contributed by atoms with Crippen molar-refractivity contribution in [1.82, 2.24) is 0 Å². The Kier molecular flexibility index (Phi) is 1.26. The van der Waals surface area contributed by atoms with E-state index in [4.69, 9.17) is 11.6 Å². The molecule has 52 valence electrons. The molecule has 0 unspecified atom stereocenters. The van der Waals surface area contributed by atoms with Crippen LogP contribution in [0.2, 0.25) is 0 Å². The van der Waals surface area contributed by atoms with Gasteiger partial charge in [0, 0.05) is 0 Å². The molecule has 0 heterocycles. The van der Waals surface area contributed by atoms with E-state index in [1.807, 2.05) is 0 Å². The number of hydrogen-bond acceptors (Lipinski definition) is 2. The number of aromatic carboxylic acids is 1. The van der Waals surface area contributed by atoms with E-state index in [9.17, 15) is 4.79 Å². The first-order valence-electron chi connectivity index (χ1n) is 3.15. The molecule has 0 radical (unpaired) electrons. The lowest BCUT2D eigenvalue weighted by atomic mass is 10.2. The Balaban J connectivity index is 3.32.